The number of aromatic nitrogens is 1. The number of hydrogen-bond acceptors (Lipinski definition) is 3. The lowest BCUT2D eigenvalue weighted by Gasteiger charge is -2.06. The molecule has 6 heteroatoms. The summed E-state index contributed by atoms with van der Waals surface area (Å²) in [6.45, 7) is 0.514. The molecule has 0 spiro atoms. The van der Waals surface area contributed by atoms with Gasteiger partial charge in [-0.3, -0.25) is 4.79 Å². The van der Waals surface area contributed by atoms with E-state index in [4.69, 9.17) is 28.9 Å². The topological polar surface area (TPSA) is 68.0 Å². The van der Waals surface area contributed by atoms with Crippen molar-refractivity contribution < 1.29 is 4.79 Å². The first-order valence-electron chi connectivity index (χ1n) is 6.00. The van der Waals surface area contributed by atoms with Crippen LogP contribution in [0.1, 0.15) is 15.9 Å². The van der Waals surface area contributed by atoms with Gasteiger partial charge in [-0.2, -0.15) is 0 Å². The van der Waals surface area contributed by atoms with Crippen molar-refractivity contribution in [3.63, 3.8) is 0 Å². The Kier molecular flexibility index (Phi) is 4.82. The molecule has 0 atom stereocenters. The van der Waals surface area contributed by atoms with Crippen molar-refractivity contribution in [3.05, 3.63) is 57.7 Å². The van der Waals surface area contributed by atoms with E-state index in [1.807, 2.05) is 24.3 Å². The Labute approximate surface area is 126 Å². The van der Waals surface area contributed by atoms with E-state index >= 15 is 0 Å². The fourth-order valence-electron chi connectivity index (χ4n) is 1.72. The van der Waals surface area contributed by atoms with Crippen LogP contribution in [0.2, 0.25) is 10.2 Å². The summed E-state index contributed by atoms with van der Waals surface area (Å²) in [6.07, 6.45) is 0.719. The molecule has 104 valence electrons. The summed E-state index contributed by atoms with van der Waals surface area (Å²) in [4.78, 5) is 15.7. The molecule has 1 aromatic heterocycles. The Hall–Kier alpha value is -1.78. The number of rotatable bonds is 4. The monoisotopic (exact) mass is 309 g/mol. The minimum Gasteiger partial charge on any atom is -0.384 e. The van der Waals surface area contributed by atoms with Crippen LogP contribution in [-0.4, -0.2) is 17.4 Å². The summed E-state index contributed by atoms with van der Waals surface area (Å²) in [5, 5.41) is 3.70. The fraction of sp³-hybridized carbons (Fsp3) is 0.143. The van der Waals surface area contributed by atoms with Gasteiger partial charge in [-0.1, -0.05) is 35.3 Å². The van der Waals surface area contributed by atoms with Crippen molar-refractivity contribution in [1.29, 1.82) is 0 Å². The number of pyridine rings is 1. The van der Waals surface area contributed by atoms with Crippen LogP contribution >= 0.6 is 23.2 Å². The average molecular weight is 310 g/mol. The van der Waals surface area contributed by atoms with Gasteiger partial charge in [-0.25, -0.2) is 4.98 Å². The lowest BCUT2D eigenvalue weighted by Crippen LogP contribution is -2.25. The molecule has 0 saturated heterocycles. The van der Waals surface area contributed by atoms with E-state index in [0.29, 0.717) is 17.1 Å². The predicted molar refractivity (Wildman–Crippen MR) is 81.1 cm³/mol. The van der Waals surface area contributed by atoms with Crippen LogP contribution in [0.4, 0.5) is 5.82 Å². The highest BCUT2D eigenvalue weighted by Crippen LogP contribution is 2.12. The van der Waals surface area contributed by atoms with Gasteiger partial charge in [0, 0.05) is 17.1 Å². The molecule has 0 radical (unpaired) electrons. The third-order valence-corrected chi connectivity index (χ3v) is 3.13. The van der Waals surface area contributed by atoms with Crippen LogP contribution in [0.3, 0.4) is 0 Å². The van der Waals surface area contributed by atoms with Gasteiger partial charge in [0.2, 0.25) is 0 Å². The number of halogens is 2. The van der Waals surface area contributed by atoms with Crippen LogP contribution in [0.5, 0.6) is 0 Å². The molecule has 0 aliphatic carbocycles. The number of carbonyl (C=O) groups is 1. The lowest BCUT2D eigenvalue weighted by atomic mass is 10.1. The van der Waals surface area contributed by atoms with E-state index in [0.717, 1.165) is 12.0 Å². The smallest absolute Gasteiger partial charge is 0.251 e. The number of nitrogens with two attached hydrogens (primary N) is 1. The third-order valence-electron chi connectivity index (χ3n) is 2.69. The standard InChI is InChI=1S/C14H13Cl2N3O/c15-11-3-1-9(2-4-11)5-6-18-14(20)10-7-12(16)19-13(17)8-10/h1-4,7-8H,5-6H2,(H2,17,19)(H,18,20). The maximum atomic E-state index is 11.9. The second-order valence-corrected chi connectivity index (χ2v) is 5.06. The molecule has 0 saturated carbocycles. The molecule has 0 aliphatic heterocycles. The molecule has 1 heterocycles. The predicted octanol–water partition coefficient (Wildman–Crippen LogP) is 2.94. The number of amides is 1. The zero-order valence-electron chi connectivity index (χ0n) is 10.6. The summed E-state index contributed by atoms with van der Waals surface area (Å²) in [5.41, 5.74) is 7.04. The van der Waals surface area contributed by atoms with E-state index < -0.39 is 0 Å². The van der Waals surface area contributed by atoms with Gasteiger partial charge in [-0.05, 0) is 36.2 Å². The number of carbonyl (C=O) groups excluding carboxylic acids is 1. The maximum absolute atomic E-state index is 11.9. The summed E-state index contributed by atoms with van der Waals surface area (Å²) in [7, 11) is 0. The van der Waals surface area contributed by atoms with Crippen molar-refractivity contribution in [2.75, 3.05) is 12.3 Å². The molecule has 2 rings (SSSR count). The first kappa shape index (κ1) is 14.6. The average Bonchev–Trinajstić information content (AvgIpc) is 2.40. The minimum absolute atomic E-state index is 0.202. The van der Waals surface area contributed by atoms with Crippen molar-refractivity contribution in [1.82, 2.24) is 10.3 Å². The van der Waals surface area contributed by atoms with Gasteiger partial charge >= 0.3 is 0 Å². The second-order valence-electron chi connectivity index (χ2n) is 4.24. The molecular weight excluding hydrogens is 297 g/mol. The molecule has 0 bridgehead atoms. The van der Waals surface area contributed by atoms with Gasteiger partial charge in [0.25, 0.3) is 5.91 Å². The van der Waals surface area contributed by atoms with E-state index in [2.05, 4.69) is 10.3 Å². The van der Waals surface area contributed by atoms with Gasteiger partial charge in [-0.15, -0.1) is 0 Å². The summed E-state index contributed by atoms with van der Waals surface area (Å²) >= 11 is 11.6. The van der Waals surface area contributed by atoms with Crippen LogP contribution in [0, 0.1) is 0 Å². The minimum atomic E-state index is -0.227. The van der Waals surface area contributed by atoms with Crippen molar-refractivity contribution in [2.24, 2.45) is 0 Å². The summed E-state index contributed by atoms with van der Waals surface area (Å²) < 4.78 is 0. The Balaban J connectivity index is 1.90. The molecular formula is C14H13Cl2N3O. The Bertz CT molecular complexity index is 594. The summed E-state index contributed by atoms with van der Waals surface area (Å²) in [5.74, 6) is -0.00434. The van der Waals surface area contributed by atoms with E-state index in [1.54, 1.807) is 0 Å². The van der Waals surface area contributed by atoms with Crippen LogP contribution in [0.25, 0.3) is 0 Å². The summed E-state index contributed by atoms with van der Waals surface area (Å²) in [6, 6.07) is 10.5. The van der Waals surface area contributed by atoms with Gasteiger partial charge in [0.05, 0.1) is 0 Å². The van der Waals surface area contributed by atoms with Crippen molar-refractivity contribution in [2.45, 2.75) is 6.42 Å². The number of anilines is 1. The van der Waals surface area contributed by atoms with Gasteiger partial charge in [0.15, 0.2) is 0 Å². The number of benzene rings is 1. The first-order valence-corrected chi connectivity index (χ1v) is 6.76. The highest BCUT2D eigenvalue weighted by Gasteiger charge is 2.07. The number of nitrogens with zero attached hydrogens (tertiary/aromatic N) is 1. The molecule has 0 fully saturated rings. The lowest BCUT2D eigenvalue weighted by molar-refractivity contribution is 0.0954. The highest BCUT2D eigenvalue weighted by molar-refractivity contribution is 6.30. The SMILES string of the molecule is Nc1cc(C(=O)NCCc2ccc(Cl)cc2)cc(Cl)n1. The molecule has 1 aromatic carbocycles. The number of hydrogen-bond donors (Lipinski definition) is 2. The molecule has 1 amide bonds. The quantitative estimate of drug-likeness (QED) is 0.853. The van der Waals surface area contributed by atoms with Gasteiger partial charge in [0.1, 0.15) is 11.0 Å². The zero-order chi connectivity index (χ0) is 14.5. The number of nitrogen functional groups attached to an aromatic ring is 1. The first-order chi connectivity index (χ1) is 9.54. The molecule has 0 unspecified atom stereocenters. The Morgan fingerprint density at radius 1 is 1.20 bits per heavy atom. The molecule has 20 heavy (non-hydrogen) atoms. The van der Waals surface area contributed by atoms with Crippen LogP contribution < -0.4 is 11.1 Å². The highest BCUT2D eigenvalue weighted by atomic mass is 35.5. The van der Waals surface area contributed by atoms with E-state index in [9.17, 15) is 4.79 Å². The van der Waals surface area contributed by atoms with Gasteiger partial charge < -0.3 is 11.1 Å². The van der Waals surface area contributed by atoms with E-state index in [-0.39, 0.29) is 16.9 Å². The molecule has 4 nitrogen and oxygen atoms in total. The zero-order valence-corrected chi connectivity index (χ0v) is 12.1. The molecule has 3 N–H and O–H groups in total. The number of nitrogens with one attached hydrogen (secondary N) is 1. The Morgan fingerprint density at radius 2 is 1.90 bits per heavy atom. The fourth-order valence-corrected chi connectivity index (χ4v) is 2.06. The molecule has 0 aliphatic rings. The van der Waals surface area contributed by atoms with Crippen LogP contribution in [-0.2, 0) is 6.42 Å². The van der Waals surface area contributed by atoms with Crippen LogP contribution in [0.15, 0.2) is 36.4 Å². The third kappa shape index (κ3) is 4.11. The van der Waals surface area contributed by atoms with Crippen molar-refractivity contribution >= 4 is 34.9 Å². The van der Waals surface area contributed by atoms with E-state index in [1.165, 1.54) is 12.1 Å². The Morgan fingerprint density at radius 3 is 2.55 bits per heavy atom. The maximum Gasteiger partial charge on any atom is 0.251 e. The van der Waals surface area contributed by atoms with Crippen molar-refractivity contribution in [3.8, 4) is 0 Å². The normalized spacial score (nSPS) is 10.3. The molecule has 2 aromatic rings. The largest absolute Gasteiger partial charge is 0.384 e. The second kappa shape index (κ2) is 6.59.